The molecule has 8 nitrogen and oxygen atoms in total. The minimum Gasteiger partial charge on any atom is -0.477 e. The summed E-state index contributed by atoms with van der Waals surface area (Å²) in [5.41, 5.74) is -0.0528. The Morgan fingerprint density at radius 3 is 2.66 bits per heavy atom. The number of aryl methyl sites for hydroxylation is 1. The maximum absolute atomic E-state index is 13.3. The first-order valence-electron chi connectivity index (χ1n) is 10.0. The Morgan fingerprint density at radius 2 is 2.00 bits per heavy atom. The third kappa shape index (κ3) is 6.38. The van der Waals surface area contributed by atoms with E-state index >= 15 is 0 Å². The van der Waals surface area contributed by atoms with E-state index in [-0.39, 0.29) is 23.9 Å². The van der Waals surface area contributed by atoms with Crippen molar-refractivity contribution in [3.05, 3.63) is 17.8 Å². The van der Waals surface area contributed by atoms with Crippen LogP contribution in [0.3, 0.4) is 0 Å². The summed E-state index contributed by atoms with van der Waals surface area (Å²) in [5.74, 6) is -0.492. The molecule has 164 valence electrons. The molecule has 0 radical (unpaired) electrons. The third-order valence-electron chi connectivity index (χ3n) is 4.48. The number of aliphatic hydroxyl groups excluding tert-OH is 1. The SMILES string of the molecule is Cc1ccc(S(=O)(=O)N2CCC[C@H]2C(=O)OC(C)(C)C)c(OCCCCCO)n1. The summed E-state index contributed by atoms with van der Waals surface area (Å²) < 4.78 is 39.0. The van der Waals surface area contributed by atoms with Crippen LogP contribution in [0.25, 0.3) is 0 Å². The number of esters is 1. The second-order valence-electron chi connectivity index (χ2n) is 8.20. The van der Waals surface area contributed by atoms with Gasteiger partial charge in [0.1, 0.15) is 16.5 Å². The van der Waals surface area contributed by atoms with Gasteiger partial charge in [-0.1, -0.05) is 0 Å². The summed E-state index contributed by atoms with van der Waals surface area (Å²) in [5, 5.41) is 8.86. The standard InChI is InChI=1S/C20H32N2O6S/c1-15-10-11-17(18(21-15)27-14-7-5-6-13-23)29(25,26)22-12-8-9-16(22)19(24)28-20(2,3)4/h10-11,16,23H,5-9,12-14H2,1-4H3/t16-/m0/s1. The molecule has 1 aliphatic heterocycles. The van der Waals surface area contributed by atoms with E-state index in [4.69, 9.17) is 14.6 Å². The zero-order valence-electron chi connectivity index (χ0n) is 17.7. The second-order valence-corrected chi connectivity index (χ2v) is 10.1. The van der Waals surface area contributed by atoms with Crippen molar-refractivity contribution in [2.45, 2.75) is 76.3 Å². The molecule has 0 spiro atoms. The molecule has 1 saturated heterocycles. The summed E-state index contributed by atoms with van der Waals surface area (Å²) >= 11 is 0. The molecule has 1 atom stereocenters. The molecule has 0 saturated carbocycles. The van der Waals surface area contributed by atoms with Crippen LogP contribution in [0.15, 0.2) is 17.0 Å². The second kappa shape index (κ2) is 9.86. The van der Waals surface area contributed by atoms with Gasteiger partial charge in [0.15, 0.2) is 0 Å². The summed E-state index contributed by atoms with van der Waals surface area (Å²) in [7, 11) is -3.98. The molecule has 0 unspecified atom stereocenters. The van der Waals surface area contributed by atoms with Gasteiger partial charge in [-0.15, -0.1) is 0 Å². The molecule has 2 rings (SSSR count). The Labute approximate surface area is 173 Å². The molecule has 1 aromatic rings. The lowest BCUT2D eigenvalue weighted by Crippen LogP contribution is -2.43. The summed E-state index contributed by atoms with van der Waals surface area (Å²) in [4.78, 5) is 16.8. The van der Waals surface area contributed by atoms with Gasteiger partial charge in [0.25, 0.3) is 0 Å². The van der Waals surface area contributed by atoms with Crippen molar-refractivity contribution in [3.63, 3.8) is 0 Å². The smallest absolute Gasteiger partial charge is 0.324 e. The number of unbranched alkanes of at least 4 members (excludes halogenated alkanes) is 2. The summed E-state index contributed by atoms with van der Waals surface area (Å²) in [6.07, 6.45) is 3.13. The molecule has 1 aromatic heterocycles. The number of rotatable bonds is 9. The molecule has 0 amide bonds. The van der Waals surface area contributed by atoms with E-state index in [1.165, 1.54) is 10.4 Å². The van der Waals surface area contributed by atoms with Gasteiger partial charge < -0.3 is 14.6 Å². The number of hydrogen-bond acceptors (Lipinski definition) is 7. The van der Waals surface area contributed by atoms with E-state index in [1.54, 1.807) is 33.8 Å². The van der Waals surface area contributed by atoms with Gasteiger partial charge in [0.2, 0.25) is 15.9 Å². The Balaban J connectivity index is 2.24. The van der Waals surface area contributed by atoms with Crippen molar-refractivity contribution >= 4 is 16.0 Å². The minimum absolute atomic E-state index is 0.0410. The van der Waals surface area contributed by atoms with Crippen LogP contribution in [0.2, 0.25) is 0 Å². The summed E-state index contributed by atoms with van der Waals surface area (Å²) in [6, 6.07) is 2.24. The van der Waals surface area contributed by atoms with E-state index in [2.05, 4.69) is 4.98 Å². The molecule has 0 aromatic carbocycles. The maximum atomic E-state index is 13.3. The molecule has 9 heteroatoms. The van der Waals surface area contributed by atoms with Crippen LogP contribution in [-0.4, -0.2) is 60.2 Å². The maximum Gasteiger partial charge on any atom is 0.324 e. The molecule has 1 N–H and O–H groups in total. The molecule has 0 aliphatic carbocycles. The fourth-order valence-electron chi connectivity index (χ4n) is 3.14. The van der Waals surface area contributed by atoms with Crippen LogP contribution in [0.4, 0.5) is 0 Å². The van der Waals surface area contributed by atoms with E-state index in [0.717, 1.165) is 6.42 Å². The number of pyridine rings is 1. The first-order valence-corrected chi connectivity index (χ1v) is 11.5. The minimum atomic E-state index is -3.98. The number of aromatic nitrogens is 1. The average Bonchev–Trinajstić information content (AvgIpc) is 3.11. The van der Waals surface area contributed by atoms with Crippen LogP contribution in [0, 0.1) is 6.92 Å². The van der Waals surface area contributed by atoms with Gasteiger partial charge in [0.05, 0.1) is 6.61 Å². The van der Waals surface area contributed by atoms with Crippen LogP contribution in [-0.2, 0) is 19.6 Å². The topological polar surface area (TPSA) is 106 Å². The number of nitrogens with zero attached hydrogens (tertiary/aromatic N) is 2. The van der Waals surface area contributed by atoms with Crippen molar-refractivity contribution in [2.75, 3.05) is 19.8 Å². The van der Waals surface area contributed by atoms with Gasteiger partial charge in [-0.2, -0.15) is 4.31 Å². The molecule has 1 aliphatic rings. The van der Waals surface area contributed by atoms with E-state index < -0.39 is 27.6 Å². The van der Waals surface area contributed by atoms with Crippen LogP contribution < -0.4 is 4.74 Å². The van der Waals surface area contributed by atoms with Gasteiger partial charge in [-0.3, -0.25) is 4.79 Å². The lowest BCUT2D eigenvalue weighted by atomic mass is 10.2. The van der Waals surface area contributed by atoms with Crippen molar-refractivity contribution in [1.82, 2.24) is 9.29 Å². The molecular weight excluding hydrogens is 396 g/mol. The highest BCUT2D eigenvalue weighted by molar-refractivity contribution is 7.89. The fourth-order valence-corrected chi connectivity index (χ4v) is 4.85. The van der Waals surface area contributed by atoms with Crippen molar-refractivity contribution < 1.29 is 27.8 Å². The lowest BCUT2D eigenvalue weighted by molar-refractivity contribution is -0.158. The first kappa shape index (κ1) is 23.6. The zero-order chi connectivity index (χ0) is 21.7. The van der Waals surface area contributed by atoms with Crippen LogP contribution >= 0.6 is 0 Å². The highest BCUT2D eigenvalue weighted by atomic mass is 32.2. The first-order chi connectivity index (χ1) is 13.6. The van der Waals surface area contributed by atoms with Crippen molar-refractivity contribution in [2.24, 2.45) is 0 Å². The van der Waals surface area contributed by atoms with E-state index in [1.807, 2.05) is 0 Å². The Hall–Kier alpha value is -1.71. The van der Waals surface area contributed by atoms with E-state index in [9.17, 15) is 13.2 Å². The van der Waals surface area contributed by atoms with Crippen LogP contribution in [0.1, 0.15) is 58.6 Å². The van der Waals surface area contributed by atoms with Gasteiger partial charge in [-0.25, -0.2) is 13.4 Å². The molecule has 1 fully saturated rings. The Bertz CT molecular complexity index is 804. The predicted molar refractivity (Wildman–Crippen MR) is 108 cm³/mol. The van der Waals surface area contributed by atoms with E-state index in [0.29, 0.717) is 38.0 Å². The quantitative estimate of drug-likeness (QED) is 0.475. The number of carbonyl (C=O) groups excluding carboxylic acids is 1. The van der Waals surface area contributed by atoms with Gasteiger partial charge >= 0.3 is 5.97 Å². The summed E-state index contributed by atoms with van der Waals surface area (Å²) in [6.45, 7) is 7.68. The molecule has 0 bridgehead atoms. The van der Waals surface area contributed by atoms with Gasteiger partial charge in [-0.05, 0) is 71.9 Å². The zero-order valence-corrected chi connectivity index (χ0v) is 18.5. The fraction of sp³-hybridized carbons (Fsp3) is 0.700. The Kier molecular flexibility index (Phi) is 8.02. The number of sulfonamides is 1. The van der Waals surface area contributed by atoms with Gasteiger partial charge in [0, 0.05) is 18.8 Å². The largest absolute Gasteiger partial charge is 0.477 e. The average molecular weight is 429 g/mol. The van der Waals surface area contributed by atoms with Crippen LogP contribution in [0.5, 0.6) is 5.88 Å². The molecule has 29 heavy (non-hydrogen) atoms. The monoisotopic (exact) mass is 428 g/mol. The third-order valence-corrected chi connectivity index (χ3v) is 6.40. The number of hydrogen-bond donors (Lipinski definition) is 1. The highest BCUT2D eigenvalue weighted by Crippen LogP contribution is 2.32. The van der Waals surface area contributed by atoms with Crippen molar-refractivity contribution in [1.29, 1.82) is 0 Å². The molecule has 2 heterocycles. The lowest BCUT2D eigenvalue weighted by Gasteiger charge is -2.27. The Morgan fingerprint density at radius 1 is 1.28 bits per heavy atom. The highest BCUT2D eigenvalue weighted by Gasteiger charge is 2.42. The van der Waals surface area contributed by atoms with Crippen molar-refractivity contribution in [3.8, 4) is 5.88 Å². The number of aliphatic hydroxyl groups is 1. The number of ether oxygens (including phenoxy) is 2. The predicted octanol–water partition coefficient (Wildman–Crippen LogP) is 2.43. The number of carbonyl (C=O) groups is 1. The molecular formula is C20H32N2O6S. The normalized spacial score (nSPS) is 18.0.